The van der Waals surface area contributed by atoms with E-state index in [1.54, 1.807) is 7.11 Å². The lowest BCUT2D eigenvalue weighted by Crippen LogP contribution is -2.32. The number of benzene rings is 2. The van der Waals surface area contributed by atoms with Crippen LogP contribution in [-0.2, 0) is 4.74 Å². The minimum absolute atomic E-state index is 0.116. The highest BCUT2D eigenvalue weighted by molar-refractivity contribution is 6.11. The number of hydrogen-bond acceptors (Lipinski definition) is 4. The van der Waals surface area contributed by atoms with Gasteiger partial charge in [0.25, 0.3) is 0 Å². The van der Waals surface area contributed by atoms with Crippen molar-refractivity contribution in [2.24, 2.45) is 10.9 Å². The fourth-order valence-corrected chi connectivity index (χ4v) is 2.46. The van der Waals surface area contributed by atoms with Crippen LogP contribution in [0, 0.1) is 0 Å². The Morgan fingerprint density at radius 1 is 1.29 bits per heavy atom. The van der Waals surface area contributed by atoms with E-state index in [4.69, 9.17) is 15.7 Å². The van der Waals surface area contributed by atoms with E-state index < -0.39 is 0 Å². The van der Waals surface area contributed by atoms with Crippen molar-refractivity contribution in [3.8, 4) is 0 Å². The zero-order chi connectivity index (χ0) is 15.4. The molecule has 112 valence electrons. The van der Waals surface area contributed by atoms with E-state index in [1.807, 2.05) is 43.4 Å². The molecule has 2 aromatic carbocycles. The van der Waals surface area contributed by atoms with E-state index >= 15 is 0 Å². The Kier molecular flexibility index (Phi) is 4.65. The molecule has 0 aliphatic rings. The van der Waals surface area contributed by atoms with Crippen LogP contribution >= 0.6 is 0 Å². The van der Waals surface area contributed by atoms with Gasteiger partial charge in [-0.2, -0.15) is 0 Å². The molecular formula is C16H21N3O2. The molecule has 0 heterocycles. The quantitative estimate of drug-likeness (QED) is 0.383. The third kappa shape index (κ3) is 2.92. The molecule has 0 aromatic heterocycles. The van der Waals surface area contributed by atoms with Crippen LogP contribution < -0.4 is 10.6 Å². The first kappa shape index (κ1) is 15.1. The molecule has 21 heavy (non-hydrogen) atoms. The lowest BCUT2D eigenvalue weighted by Gasteiger charge is -2.28. The Bertz CT molecular complexity index is 655. The first-order valence-electron chi connectivity index (χ1n) is 6.81. The predicted molar refractivity (Wildman–Crippen MR) is 86.2 cm³/mol. The largest absolute Gasteiger partial charge is 0.409 e. The van der Waals surface area contributed by atoms with Crippen LogP contribution in [-0.4, -0.2) is 37.8 Å². The SMILES string of the molecule is COCC(C)N(C)c1ccc(/C(N)=N/O)c2ccccc12. The number of anilines is 1. The fraction of sp³-hybridized carbons (Fsp3) is 0.312. The maximum atomic E-state index is 8.92. The van der Waals surface area contributed by atoms with Crippen LogP contribution in [0.3, 0.4) is 0 Å². The molecule has 0 amide bonds. The molecule has 1 unspecified atom stereocenters. The second-order valence-electron chi connectivity index (χ2n) is 5.08. The number of methoxy groups -OCH3 is 1. The Hall–Kier alpha value is -2.27. The van der Waals surface area contributed by atoms with Crippen molar-refractivity contribution >= 4 is 22.3 Å². The first-order valence-corrected chi connectivity index (χ1v) is 6.81. The molecule has 0 aliphatic heterocycles. The summed E-state index contributed by atoms with van der Waals surface area (Å²) in [5, 5.41) is 14.1. The van der Waals surface area contributed by atoms with Gasteiger partial charge in [0.1, 0.15) is 0 Å². The molecule has 0 radical (unpaired) electrons. The van der Waals surface area contributed by atoms with Gasteiger partial charge in [0.15, 0.2) is 5.84 Å². The molecule has 0 saturated carbocycles. The van der Waals surface area contributed by atoms with E-state index in [1.165, 1.54) is 0 Å². The second kappa shape index (κ2) is 6.45. The zero-order valence-corrected chi connectivity index (χ0v) is 12.6. The Morgan fingerprint density at radius 2 is 1.95 bits per heavy atom. The van der Waals surface area contributed by atoms with Gasteiger partial charge in [-0.05, 0) is 24.4 Å². The van der Waals surface area contributed by atoms with Crippen molar-refractivity contribution in [3.05, 3.63) is 42.0 Å². The normalized spacial score (nSPS) is 13.4. The standard InChI is InChI=1S/C16H21N3O2/c1-11(10-21-3)19(2)15-9-8-14(16(17)18-20)12-6-4-5-7-13(12)15/h4-9,11,20H,10H2,1-3H3,(H2,17,18). The maximum absolute atomic E-state index is 8.92. The van der Waals surface area contributed by atoms with Crippen LogP contribution in [0.2, 0.25) is 0 Å². The van der Waals surface area contributed by atoms with Crippen molar-refractivity contribution in [2.75, 3.05) is 25.7 Å². The Morgan fingerprint density at radius 3 is 2.57 bits per heavy atom. The van der Waals surface area contributed by atoms with Crippen molar-refractivity contribution in [1.82, 2.24) is 0 Å². The molecular weight excluding hydrogens is 266 g/mol. The summed E-state index contributed by atoms with van der Waals surface area (Å²) in [6, 6.07) is 12.0. The molecule has 3 N–H and O–H groups in total. The van der Waals surface area contributed by atoms with Crippen LogP contribution in [0.15, 0.2) is 41.6 Å². The summed E-state index contributed by atoms with van der Waals surface area (Å²) in [6.45, 7) is 2.75. The number of rotatable bonds is 5. The maximum Gasteiger partial charge on any atom is 0.170 e. The molecule has 0 fully saturated rings. The van der Waals surface area contributed by atoms with E-state index in [9.17, 15) is 0 Å². The summed E-state index contributed by atoms with van der Waals surface area (Å²) in [7, 11) is 3.73. The number of nitrogens with two attached hydrogens (primary N) is 1. The van der Waals surface area contributed by atoms with E-state index in [0.717, 1.165) is 22.0 Å². The van der Waals surface area contributed by atoms with Gasteiger partial charge in [-0.1, -0.05) is 29.4 Å². The number of likely N-dealkylation sites (N-methyl/N-ethyl adjacent to an activating group) is 1. The highest BCUT2D eigenvalue weighted by Gasteiger charge is 2.15. The lowest BCUT2D eigenvalue weighted by atomic mass is 10.0. The number of amidine groups is 1. The van der Waals surface area contributed by atoms with Crippen LogP contribution in [0.5, 0.6) is 0 Å². The third-order valence-corrected chi connectivity index (χ3v) is 3.73. The summed E-state index contributed by atoms with van der Waals surface area (Å²) in [6.07, 6.45) is 0. The van der Waals surface area contributed by atoms with Crippen LogP contribution in [0.1, 0.15) is 12.5 Å². The molecule has 2 aromatic rings. The second-order valence-corrected chi connectivity index (χ2v) is 5.08. The molecule has 5 heteroatoms. The van der Waals surface area contributed by atoms with Gasteiger partial charge in [0, 0.05) is 36.8 Å². The summed E-state index contributed by atoms with van der Waals surface area (Å²) in [5.74, 6) is 0.116. The van der Waals surface area contributed by atoms with Gasteiger partial charge in [0.05, 0.1) is 6.61 Å². The molecule has 0 bridgehead atoms. The lowest BCUT2D eigenvalue weighted by molar-refractivity contribution is 0.183. The van der Waals surface area contributed by atoms with E-state index in [2.05, 4.69) is 17.0 Å². The average molecular weight is 287 g/mol. The molecule has 0 aliphatic carbocycles. The predicted octanol–water partition coefficient (Wildman–Crippen LogP) is 2.41. The third-order valence-electron chi connectivity index (χ3n) is 3.73. The van der Waals surface area contributed by atoms with Crippen molar-refractivity contribution in [3.63, 3.8) is 0 Å². The Labute approximate surface area is 124 Å². The minimum atomic E-state index is 0.116. The summed E-state index contributed by atoms with van der Waals surface area (Å²) in [5.41, 5.74) is 7.57. The molecule has 2 rings (SSSR count). The number of oxime groups is 1. The van der Waals surface area contributed by atoms with Crippen molar-refractivity contribution in [2.45, 2.75) is 13.0 Å². The number of fused-ring (bicyclic) bond motifs is 1. The van der Waals surface area contributed by atoms with Crippen molar-refractivity contribution < 1.29 is 9.94 Å². The first-order chi connectivity index (χ1) is 10.1. The summed E-state index contributed by atoms with van der Waals surface area (Å²) in [4.78, 5) is 2.17. The van der Waals surface area contributed by atoms with Crippen molar-refractivity contribution in [1.29, 1.82) is 0 Å². The van der Waals surface area contributed by atoms with Gasteiger partial charge in [-0.15, -0.1) is 0 Å². The summed E-state index contributed by atoms with van der Waals surface area (Å²) >= 11 is 0. The zero-order valence-electron chi connectivity index (χ0n) is 12.6. The number of hydrogen-bond donors (Lipinski definition) is 2. The molecule has 5 nitrogen and oxygen atoms in total. The smallest absolute Gasteiger partial charge is 0.170 e. The molecule has 0 spiro atoms. The highest BCUT2D eigenvalue weighted by Crippen LogP contribution is 2.30. The summed E-state index contributed by atoms with van der Waals surface area (Å²) < 4.78 is 5.22. The van der Waals surface area contributed by atoms with Gasteiger partial charge in [-0.25, -0.2) is 0 Å². The molecule has 1 atom stereocenters. The van der Waals surface area contributed by atoms with Gasteiger partial charge < -0.3 is 20.6 Å². The highest BCUT2D eigenvalue weighted by atomic mass is 16.5. The van der Waals surface area contributed by atoms with E-state index in [0.29, 0.717) is 6.61 Å². The number of nitrogens with zero attached hydrogens (tertiary/aromatic N) is 2. The van der Waals surface area contributed by atoms with E-state index in [-0.39, 0.29) is 11.9 Å². The fourth-order valence-electron chi connectivity index (χ4n) is 2.46. The minimum Gasteiger partial charge on any atom is -0.409 e. The van der Waals surface area contributed by atoms with Gasteiger partial charge >= 0.3 is 0 Å². The topological polar surface area (TPSA) is 71.1 Å². The monoisotopic (exact) mass is 287 g/mol. The molecule has 0 saturated heterocycles. The van der Waals surface area contributed by atoms with Gasteiger partial charge in [-0.3, -0.25) is 0 Å². The average Bonchev–Trinajstić information content (AvgIpc) is 2.52. The van der Waals surface area contributed by atoms with Crippen LogP contribution in [0.25, 0.3) is 10.8 Å². The Balaban J connectivity index is 2.57. The number of ether oxygens (including phenoxy) is 1. The van der Waals surface area contributed by atoms with Gasteiger partial charge in [0.2, 0.25) is 0 Å². The van der Waals surface area contributed by atoms with Crippen LogP contribution in [0.4, 0.5) is 5.69 Å².